The van der Waals surface area contributed by atoms with Crippen LogP contribution in [-0.4, -0.2) is 28.2 Å². The van der Waals surface area contributed by atoms with E-state index in [1.165, 1.54) is 24.7 Å². The van der Waals surface area contributed by atoms with Gasteiger partial charge in [-0.3, -0.25) is 9.98 Å². The van der Waals surface area contributed by atoms with Gasteiger partial charge in [-0.2, -0.15) is 8.78 Å². The maximum Gasteiger partial charge on any atom is 0.314 e. The monoisotopic (exact) mass is 413 g/mol. The van der Waals surface area contributed by atoms with E-state index in [1.807, 2.05) is 6.08 Å². The second-order valence-electron chi connectivity index (χ2n) is 6.32. The Balaban J connectivity index is 1.82. The molecule has 0 saturated carbocycles. The third-order valence-electron chi connectivity index (χ3n) is 4.05. The Bertz CT molecular complexity index is 1050. The van der Waals surface area contributed by atoms with Crippen LogP contribution in [-0.2, 0) is 6.42 Å². The van der Waals surface area contributed by atoms with Crippen LogP contribution < -0.4 is 0 Å². The normalized spacial score (nSPS) is 14.7. The van der Waals surface area contributed by atoms with Gasteiger partial charge in [-0.05, 0) is 55.0 Å². The molecule has 0 saturated heterocycles. The molecule has 0 N–H and O–H groups in total. The number of alkyl halides is 2. The summed E-state index contributed by atoms with van der Waals surface area (Å²) in [7, 11) is 0. The lowest BCUT2D eigenvalue weighted by molar-refractivity contribution is 0.116. The van der Waals surface area contributed by atoms with Crippen molar-refractivity contribution in [2.24, 2.45) is 9.98 Å². The molecule has 2 aromatic heterocycles. The highest BCUT2D eigenvalue weighted by molar-refractivity contribution is 5.62. The van der Waals surface area contributed by atoms with Gasteiger partial charge in [0, 0.05) is 30.1 Å². The van der Waals surface area contributed by atoms with E-state index in [4.69, 9.17) is 4.42 Å². The number of hydrogen-bond donors (Lipinski definition) is 0. The molecule has 3 rings (SSSR count). The molecular formula is C21H18F3N5O. The third-order valence-corrected chi connectivity index (χ3v) is 4.05. The zero-order valence-corrected chi connectivity index (χ0v) is 15.9. The highest BCUT2D eigenvalue weighted by Crippen LogP contribution is 2.25. The van der Waals surface area contributed by atoms with Crippen molar-refractivity contribution in [2.75, 3.05) is 0 Å². The van der Waals surface area contributed by atoms with E-state index in [0.29, 0.717) is 30.5 Å². The zero-order chi connectivity index (χ0) is 21.3. The number of allylic oxidation sites excluding steroid dienone is 7. The average molecular weight is 413 g/mol. The van der Waals surface area contributed by atoms with Crippen molar-refractivity contribution in [3.63, 3.8) is 0 Å². The number of pyridine rings is 1. The van der Waals surface area contributed by atoms with E-state index in [2.05, 4.69) is 31.9 Å². The fraction of sp³-hybridized carbons (Fsp3) is 0.190. The molecule has 0 unspecified atom stereocenters. The molecule has 30 heavy (non-hydrogen) atoms. The van der Waals surface area contributed by atoms with Crippen LogP contribution >= 0.6 is 0 Å². The third kappa shape index (κ3) is 5.94. The number of aromatic nitrogens is 3. The highest BCUT2D eigenvalue weighted by Gasteiger charge is 2.17. The number of halogens is 3. The van der Waals surface area contributed by atoms with Crippen LogP contribution in [0.1, 0.15) is 30.9 Å². The van der Waals surface area contributed by atoms with Gasteiger partial charge in [-0.15, -0.1) is 10.2 Å². The van der Waals surface area contributed by atoms with Crippen molar-refractivity contribution in [3.05, 3.63) is 77.4 Å². The predicted octanol–water partition coefficient (Wildman–Crippen LogP) is 5.35. The first-order valence-electron chi connectivity index (χ1n) is 9.00. The summed E-state index contributed by atoms with van der Waals surface area (Å²) >= 11 is 0. The Labute approximate surface area is 171 Å². The summed E-state index contributed by atoms with van der Waals surface area (Å²) in [6.07, 6.45) is 9.64. The molecule has 9 heteroatoms. The molecule has 6 nitrogen and oxygen atoms in total. The van der Waals surface area contributed by atoms with Gasteiger partial charge in [0.25, 0.3) is 5.89 Å². The standard InChI is InChI=1S/C21H18F3N5O/c1-25-13-26-12-15(8-14-4-2-3-5-17(22)9-14)10-18-11-16(6-7-27-18)20-28-29-21(30-20)19(23)24/h3-7,9,11-13,19H,1-2,8,10H2/b15-12-,26-13?. The molecule has 0 bridgehead atoms. The summed E-state index contributed by atoms with van der Waals surface area (Å²) in [5, 5.41) is 6.99. The minimum Gasteiger partial charge on any atom is -0.415 e. The van der Waals surface area contributed by atoms with E-state index < -0.39 is 12.3 Å². The quantitative estimate of drug-likeness (QED) is 0.432. The molecule has 0 aliphatic heterocycles. The molecule has 0 amide bonds. The highest BCUT2D eigenvalue weighted by atomic mass is 19.3. The van der Waals surface area contributed by atoms with Gasteiger partial charge < -0.3 is 4.42 Å². The summed E-state index contributed by atoms with van der Waals surface area (Å²) in [6.45, 7) is 3.34. The molecule has 0 radical (unpaired) electrons. The summed E-state index contributed by atoms with van der Waals surface area (Å²) in [5.74, 6) is -1.07. The Morgan fingerprint density at radius 2 is 2.17 bits per heavy atom. The van der Waals surface area contributed by atoms with Gasteiger partial charge in [-0.25, -0.2) is 9.38 Å². The van der Waals surface area contributed by atoms with Crippen LogP contribution in [0.5, 0.6) is 0 Å². The topological polar surface area (TPSA) is 76.5 Å². The lowest BCUT2D eigenvalue weighted by atomic mass is 10.00. The first-order valence-corrected chi connectivity index (χ1v) is 9.00. The minimum absolute atomic E-state index is 0.0177. The van der Waals surface area contributed by atoms with Gasteiger partial charge in [-0.1, -0.05) is 12.2 Å². The molecule has 0 fully saturated rings. The van der Waals surface area contributed by atoms with Gasteiger partial charge in [0.15, 0.2) is 0 Å². The number of hydrogen-bond acceptors (Lipinski definition) is 5. The fourth-order valence-electron chi connectivity index (χ4n) is 2.79. The largest absolute Gasteiger partial charge is 0.415 e. The van der Waals surface area contributed by atoms with Crippen molar-refractivity contribution in [3.8, 4) is 11.5 Å². The van der Waals surface area contributed by atoms with Crippen molar-refractivity contribution >= 4 is 13.1 Å². The maximum atomic E-state index is 13.7. The first kappa shape index (κ1) is 21.1. The Kier molecular flexibility index (Phi) is 7.20. The maximum absolute atomic E-state index is 13.7. The molecule has 0 spiro atoms. The number of nitrogens with zero attached hydrogens (tertiary/aromatic N) is 5. The van der Waals surface area contributed by atoms with Crippen LogP contribution in [0.2, 0.25) is 0 Å². The van der Waals surface area contributed by atoms with Crippen LogP contribution in [0, 0.1) is 0 Å². The van der Waals surface area contributed by atoms with E-state index in [0.717, 1.165) is 11.1 Å². The molecule has 2 aromatic rings. The van der Waals surface area contributed by atoms with Crippen LogP contribution in [0.4, 0.5) is 13.2 Å². The molecule has 154 valence electrons. The van der Waals surface area contributed by atoms with E-state index in [1.54, 1.807) is 24.4 Å². The van der Waals surface area contributed by atoms with Crippen molar-refractivity contribution in [2.45, 2.75) is 25.7 Å². The summed E-state index contributed by atoms with van der Waals surface area (Å²) in [6, 6.07) is 3.26. The van der Waals surface area contributed by atoms with Crippen LogP contribution in [0.15, 0.2) is 80.2 Å². The first-order chi connectivity index (χ1) is 14.5. The summed E-state index contributed by atoms with van der Waals surface area (Å²) in [5.41, 5.74) is 2.75. The van der Waals surface area contributed by atoms with Gasteiger partial charge in [0.05, 0.1) is 0 Å². The van der Waals surface area contributed by atoms with Crippen LogP contribution in [0.3, 0.4) is 0 Å². The average Bonchev–Trinajstić information content (AvgIpc) is 3.13. The second-order valence-corrected chi connectivity index (χ2v) is 6.32. The zero-order valence-electron chi connectivity index (χ0n) is 15.9. The molecule has 0 atom stereocenters. The summed E-state index contributed by atoms with van der Waals surface area (Å²) < 4.78 is 44.1. The van der Waals surface area contributed by atoms with Gasteiger partial charge >= 0.3 is 6.43 Å². The summed E-state index contributed by atoms with van der Waals surface area (Å²) in [4.78, 5) is 12.0. The molecule has 2 heterocycles. The SMILES string of the molecule is C=NC=N/C=C(/CC1=CCC=CC(F)=C1)Cc1cc(-c2nnc(C(F)F)o2)ccn1. The molecule has 1 aliphatic carbocycles. The van der Waals surface area contributed by atoms with Crippen molar-refractivity contribution in [1.82, 2.24) is 15.2 Å². The molecular weight excluding hydrogens is 395 g/mol. The number of aliphatic imine (C=N–C) groups is 2. The van der Waals surface area contributed by atoms with Crippen molar-refractivity contribution in [1.29, 1.82) is 0 Å². The lowest BCUT2D eigenvalue weighted by Crippen LogP contribution is -1.97. The smallest absolute Gasteiger partial charge is 0.314 e. The van der Waals surface area contributed by atoms with E-state index in [9.17, 15) is 13.2 Å². The Morgan fingerprint density at radius 3 is 2.93 bits per heavy atom. The Morgan fingerprint density at radius 1 is 1.30 bits per heavy atom. The fourth-order valence-corrected chi connectivity index (χ4v) is 2.79. The van der Waals surface area contributed by atoms with Gasteiger partial charge in [0.1, 0.15) is 12.2 Å². The molecule has 1 aliphatic rings. The van der Waals surface area contributed by atoms with Gasteiger partial charge in [0.2, 0.25) is 5.89 Å². The van der Waals surface area contributed by atoms with E-state index in [-0.39, 0.29) is 11.7 Å². The lowest BCUT2D eigenvalue weighted by Gasteiger charge is -2.08. The minimum atomic E-state index is -2.84. The van der Waals surface area contributed by atoms with Crippen LogP contribution in [0.25, 0.3) is 11.5 Å². The predicted molar refractivity (Wildman–Crippen MR) is 108 cm³/mol. The number of rotatable bonds is 8. The van der Waals surface area contributed by atoms with Crippen molar-refractivity contribution < 1.29 is 17.6 Å². The molecule has 0 aromatic carbocycles. The Hall–Kier alpha value is -3.62. The second kappa shape index (κ2) is 10.2. The van der Waals surface area contributed by atoms with E-state index >= 15 is 0 Å².